The van der Waals surface area contributed by atoms with E-state index < -0.39 is 5.41 Å². The van der Waals surface area contributed by atoms with Crippen LogP contribution < -0.4 is 4.74 Å². The van der Waals surface area contributed by atoms with E-state index in [0.717, 1.165) is 29.1 Å². The second kappa shape index (κ2) is 8.81. The molecule has 0 aliphatic rings. The molecule has 0 radical (unpaired) electrons. The van der Waals surface area contributed by atoms with Gasteiger partial charge in [0.1, 0.15) is 5.75 Å². The van der Waals surface area contributed by atoms with E-state index >= 15 is 0 Å². The molecule has 2 aromatic rings. The summed E-state index contributed by atoms with van der Waals surface area (Å²) in [6.45, 7) is 2.57. The Labute approximate surface area is 146 Å². The molecular formula is C18H19ClN2OS. The molecule has 0 N–H and O–H groups in total. The van der Waals surface area contributed by atoms with Crippen LogP contribution in [0.2, 0.25) is 0 Å². The number of nitrogens with zero attached hydrogens (tertiary/aromatic N) is 2. The average molecular weight is 347 g/mol. The van der Waals surface area contributed by atoms with Crippen LogP contribution in [0.5, 0.6) is 5.75 Å². The molecule has 0 spiro atoms. The Bertz CT molecular complexity index is 642. The van der Waals surface area contributed by atoms with Crippen LogP contribution in [0, 0.1) is 11.3 Å². The van der Waals surface area contributed by atoms with Gasteiger partial charge in [0.2, 0.25) is 0 Å². The maximum atomic E-state index is 9.78. The molecule has 1 aromatic carbocycles. The molecule has 0 aliphatic carbocycles. The zero-order valence-electron chi connectivity index (χ0n) is 13.0. The van der Waals surface area contributed by atoms with E-state index in [1.54, 1.807) is 12.4 Å². The van der Waals surface area contributed by atoms with E-state index in [0.29, 0.717) is 13.0 Å². The molecule has 23 heavy (non-hydrogen) atoms. The minimum Gasteiger partial charge on any atom is -0.494 e. The van der Waals surface area contributed by atoms with Crippen molar-refractivity contribution in [2.45, 2.75) is 36.5 Å². The molecule has 0 bridgehead atoms. The van der Waals surface area contributed by atoms with E-state index in [1.807, 2.05) is 36.4 Å². The number of aromatic nitrogens is 1. The summed E-state index contributed by atoms with van der Waals surface area (Å²) in [5.74, 6) is 0.786. The molecule has 1 heterocycles. The van der Waals surface area contributed by atoms with Crippen LogP contribution in [0.15, 0.2) is 53.7 Å². The van der Waals surface area contributed by atoms with Crippen molar-refractivity contribution in [3.05, 3.63) is 54.4 Å². The topological polar surface area (TPSA) is 45.9 Å². The zero-order valence-corrected chi connectivity index (χ0v) is 14.6. The van der Waals surface area contributed by atoms with Crippen LogP contribution in [0.25, 0.3) is 0 Å². The van der Waals surface area contributed by atoms with Crippen molar-refractivity contribution < 1.29 is 4.74 Å². The molecule has 0 saturated heterocycles. The van der Waals surface area contributed by atoms with Gasteiger partial charge in [0, 0.05) is 23.7 Å². The Balaban J connectivity index is 2.05. The Morgan fingerprint density at radius 2 is 2.04 bits per heavy atom. The van der Waals surface area contributed by atoms with Crippen molar-refractivity contribution in [3.8, 4) is 11.8 Å². The molecule has 0 aliphatic heterocycles. The van der Waals surface area contributed by atoms with Crippen molar-refractivity contribution >= 4 is 21.7 Å². The molecular weight excluding hydrogens is 328 g/mol. The summed E-state index contributed by atoms with van der Waals surface area (Å²) in [5, 5.41) is 9.78. The van der Waals surface area contributed by atoms with E-state index in [9.17, 15) is 5.26 Å². The first-order valence-electron chi connectivity index (χ1n) is 7.57. The second-order valence-corrected chi connectivity index (χ2v) is 6.42. The molecule has 0 fully saturated rings. The highest BCUT2D eigenvalue weighted by atomic mass is 35.7. The minimum absolute atomic E-state index is 0.482. The summed E-state index contributed by atoms with van der Waals surface area (Å²) in [7, 11) is 6.88. The van der Waals surface area contributed by atoms with Crippen molar-refractivity contribution in [1.29, 1.82) is 5.26 Å². The van der Waals surface area contributed by atoms with Crippen molar-refractivity contribution in [2.75, 3.05) is 6.61 Å². The molecule has 0 amide bonds. The summed E-state index contributed by atoms with van der Waals surface area (Å²) in [6, 6.07) is 14.0. The number of nitriles is 1. The predicted octanol–water partition coefficient (Wildman–Crippen LogP) is 5.36. The van der Waals surface area contributed by atoms with Gasteiger partial charge in [0.25, 0.3) is 0 Å². The lowest BCUT2D eigenvalue weighted by Gasteiger charge is -2.26. The predicted molar refractivity (Wildman–Crippen MR) is 94.7 cm³/mol. The van der Waals surface area contributed by atoms with Crippen LogP contribution in [0.3, 0.4) is 0 Å². The summed E-state index contributed by atoms with van der Waals surface area (Å²) < 4.78 is 5.81. The minimum atomic E-state index is -0.547. The van der Waals surface area contributed by atoms with Gasteiger partial charge in [-0.05, 0) is 64.0 Å². The monoisotopic (exact) mass is 346 g/mol. The van der Waals surface area contributed by atoms with Gasteiger partial charge in [0.05, 0.1) is 18.1 Å². The van der Waals surface area contributed by atoms with Crippen molar-refractivity contribution in [2.24, 2.45) is 0 Å². The molecule has 0 saturated carbocycles. The van der Waals surface area contributed by atoms with E-state index in [2.05, 4.69) is 18.0 Å². The number of hydrogen-bond acceptors (Lipinski definition) is 4. The van der Waals surface area contributed by atoms with E-state index in [1.165, 1.54) is 11.0 Å². The third-order valence-electron chi connectivity index (χ3n) is 3.82. The van der Waals surface area contributed by atoms with Gasteiger partial charge in [-0.1, -0.05) is 19.4 Å². The molecule has 5 heteroatoms. The third kappa shape index (κ3) is 4.63. The number of ether oxygens (including phenoxy) is 1. The third-order valence-corrected chi connectivity index (χ3v) is 4.80. The summed E-state index contributed by atoms with van der Waals surface area (Å²) in [5.41, 5.74) is 0.413. The fraction of sp³-hybridized carbons (Fsp3) is 0.333. The quantitative estimate of drug-likeness (QED) is 0.645. The van der Waals surface area contributed by atoms with Crippen molar-refractivity contribution in [3.63, 3.8) is 0 Å². The Morgan fingerprint density at radius 1 is 1.26 bits per heavy atom. The molecule has 120 valence electrons. The Morgan fingerprint density at radius 3 is 2.61 bits per heavy atom. The van der Waals surface area contributed by atoms with Crippen molar-refractivity contribution in [1.82, 2.24) is 4.98 Å². The SMILES string of the molecule is CCCC(C#N)(CCOc1ccc(SCl)cc1)c1cccnc1. The van der Waals surface area contributed by atoms with Crippen LogP contribution in [0.1, 0.15) is 31.7 Å². The van der Waals surface area contributed by atoms with Crippen LogP contribution >= 0.6 is 21.7 Å². The van der Waals surface area contributed by atoms with Crippen LogP contribution in [-0.2, 0) is 5.41 Å². The molecule has 3 nitrogen and oxygen atoms in total. The smallest absolute Gasteiger partial charge is 0.119 e. The first-order valence-corrected chi connectivity index (χ1v) is 9.21. The number of benzene rings is 1. The largest absolute Gasteiger partial charge is 0.494 e. The number of pyridine rings is 1. The number of halogens is 1. The van der Waals surface area contributed by atoms with Gasteiger partial charge in [-0.2, -0.15) is 5.26 Å². The second-order valence-electron chi connectivity index (χ2n) is 5.33. The summed E-state index contributed by atoms with van der Waals surface area (Å²) in [6.07, 6.45) is 5.87. The Hall–Kier alpha value is -1.70. The molecule has 2 rings (SSSR count). The number of hydrogen-bond donors (Lipinski definition) is 0. The fourth-order valence-electron chi connectivity index (χ4n) is 2.59. The lowest BCUT2D eigenvalue weighted by atomic mass is 9.76. The van der Waals surface area contributed by atoms with Gasteiger partial charge in [0.15, 0.2) is 0 Å². The van der Waals surface area contributed by atoms with E-state index in [4.69, 9.17) is 15.4 Å². The lowest BCUT2D eigenvalue weighted by Crippen LogP contribution is -2.27. The van der Waals surface area contributed by atoms with Crippen LogP contribution in [-0.4, -0.2) is 11.6 Å². The highest BCUT2D eigenvalue weighted by Crippen LogP contribution is 2.32. The maximum absolute atomic E-state index is 9.78. The van der Waals surface area contributed by atoms with Gasteiger partial charge in [-0.3, -0.25) is 4.98 Å². The maximum Gasteiger partial charge on any atom is 0.119 e. The first-order chi connectivity index (χ1) is 11.2. The Kier molecular flexibility index (Phi) is 6.76. The summed E-state index contributed by atoms with van der Waals surface area (Å²) in [4.78, 5) is 5.14. The van der Waals surface area contributed by atoms with Gasteiger partial charge in [-0.15, -0.1) is 0 Å². The van der Waals surface area contributed by atoms with Gasteiger partial charge in [-0.25, -0.2) is 0 Å². The van der Waals surface area contributed by atoms with Gasteiger partial charge < -0.3 is 4.74 Å². The fourth-order valence-corrected chi connectivity index (χ4v) is 3.14. The number of rotatable bonds is 8. The highest BCUT2D eigenvalue weighted by molar-refractivity contribution is 8.21. The molecule has 1 unspecified atom stereocenters. The highest BCUT2D eigenvalue weighted by Gasteiger charge is 2.31. The first kappa shape index (κ1) is 17.7. The average Bonchev–Trinajstić information content (AvgIpc) is 2.62. The normalized spacial score (nSPS) is 13.1. The van der Waals surface area contributed by atoms with Crippen LogP contribution in [0.4, 0.5) is 0 Å². The zero-order chi connectivity index (χ0) is 16.5. The summed E-state index contributed by atoms with van der Waals surface area (Å²) >= 11 is 0. The lowest BCUT2D eigenvalue weighted by molar-refractivity contribution is 0.272. The van der Waals surface area contributed by atoms with Gasteiger partial charge >= 0.3 is 0 Å². The molecule has 1 aromatic heterocycles. The standard InChI is InChI=1S/C18H19ClN2OS/c1-2-9-18(14-20,15-4-3-11-21-13-15)10-12-22-16-5-7-17(23-19)8-6-16/h3-8,11,13H,2,9-10,12H2,1H3. The van der Waals surface area contributed by atoms with E-state index in [-0.39, 0.29) is 0 Å². The molecule has 1 atom stereocenters.